The average Bonchev–Trinajstić information content (AvgIpc) is 2.53. The Morgan fingerprint density at radius 2 is 1.64 bits per heavy atom. The summed E-state index contributed by atoms with van der Waals surface area (Å²) >= 11 is 3.85. The molecule has 0 saturated heterocycles. The van der Waals surface area contributed by atoms with Crippen molar-refractivity contribution >= 4 is 36.3 Å². The molecule has 4 unspecified atom stereocenters. The van der Waals surface area contributed by atoms with Crippen molar-refractivity contribution in [3.8, 4) is 0 Å². The van der Waals surface area contributed by atoms with Crippen LogP contribution < -0.4 is 21.7 Å². The predicted octanol–water partition coefficient (Wildman–Crippen LogP) is -2.55. The summed E-state index contributed by atoms with van der Waals surface area (Å²) in [5.74, 6) is -3.70. The van der Waals surface area contributed by atoms with Crippen molar-refractivity contribution in [2.75, 3.05) is 12.3 Å². The van der Waals surface area contributed by atoms with Gasteiger partial charge in [0.05, 0.1) is 12.6 Å². The number of amides is 3. The Bertz CT molecular complexity index is 500. The first-order valence-electron chi connectivity index (χ1n) is 7.66. The molecule has 0 heterocycles. The molecule has 7 N–H and O–H groups in total. The number of hydrogen-bond donors (Lipinski definition) is 7. The van der Waals surface area contributed by atoms with Gasteiger partial charge >= 0.3 is 5.97 Å². The van der Waals surface area contributed by atoms with Crippen LogP contribution in [0.2, 0.25) is 0 Å². The van der Waals surface area contributed by atoms with Gasteiger partial charge in [0, 0.05) is 5.75 Å². The number of carbonyl (C=O) groups is 4. The minimum atomic E-state index is -1.24. The summed E-state index contributed by atoms with van der Waals surface area (Å²) in [4.78, 5) is 46.6. The number of nitrogens with two attached hydrogens (primary N) is 1. The molecular formula is C14H26N4O6S. The Labute approximate surface area is 151 Å². The van der Waals surface area contributed by atoms with E-state index in [9.17, 15) is 24.3 Å². The zero-order valence-electron chi connectivity index (χ0n) is 14.4. The maximum Gasteiger partial charge on any atom is 0.327 e. The standard InChI is InChI=1S/C14H26N4O6S/c1-6(2)11(13(22)17-8(5-25)14(23)24)18-9(20)4-16-12(21)10(15)7(3)19/h6-8,10-11,19,25H,4-5,15H2,1-3H3,(H,16,21)(H,17,22)(H,18,20)(H,23,24). The minimum absolute atomic E-state index is 0.104. The van der Waals surface area contributed by atoms with Crippen LogP contribution >= 0.6 is 12.6 Å². The molecule has 0 rings (SSSR count). The third-order valence-corrected chi connectivity index (χ3v) is 3.67. The Morgan fingerprint density at radius 3 is 2.04 bits per heavy atom. The molecule has 0 aliphatic carbocycles. The van der Waals surface area contributed by atoms with E-state index in [0.717, 1.165) is 0 Å². The van der Waals surface area contributed by atoms with E-state index in [-0.39, 0.29) is 11.7 Å². The Hall–Kier alpha value is -1.85. The second-order valence-corrected chi connectivity index (χ2v) is 6.22. The number of rotatable bonds is 10. The van der Waals surface area contributed by atoms with Crippen LogP contribution in [0.15, 0.2) is 0 Å². The largest absolute Gasteiger partial charge is 0.480 e. The monoisotopic (exact) mass is 378 g/mol. The molecule has 0 aliphatic heterocycles. The van der Waals surface area contributed by atoms with E-state index in [4.69, 9.17) is 10.8 Å². The number of nitrogens with one attached hydrogen (secondary N) is 3. The number of hydrogen-bond acceptors (Lipinski definition) is 7. The molecule has 0 aromatic carbocycles. The predicted molar refractivity (Wildman–Crippen MR) is 92.9 cm³/mol. The first-order valence-corrected chi connectivity index (χ1v) is 8.29. The highest BCUT2D eigenvalue weighted by Gasteiger charge is 2.28. The van der Waals surface area contributed by atoms with Crippen LogP contribution in [0.4, 0.5) is 0 Å². The highest BCUT2D eigenvalue weighted by molar-refractivity contribution is 7.80. The maximum atomic E-state index is 12.2. The van der Waals surface area contributed by atoms with Crippen LogP contribution in [0.1, 0.15) is 20.8 Å². The Morgan fingerprint density at radius 1 is 1.08 bits per heavy atom. The van der Waals surface area contributed by atoms with E-state index >= 15 is 0 Å². The lowest BCUT2D eigenvalue weighted by atomic mass is 10.0. The summed E-state index contributed by atoms with van der Waals surface area (Å²) in [6.07, 6.45) is -1.08. The maximum absolute atomic E-state index is 12.2. The highest BCUT2D eigenvalue weighted by Crippen LogP contribution is 2.03. The van der Waals surface area contributed by atoms with Gasteiger partial charge in [-0.3, -0.25) is 14.4 Å². The normalized spacial score (nSPS) is 15.6. The summed E-state index contributed by atoms with van der Waals surface area (Å²) in [6, 6.07) is -3.35. The van der Waals surface area contributed by atoms with Crippen LogP contribution in [0.5, 0.6) is 0 Å². The van der Waals surface area contributed by atoms with Crippen molar-refractivity contribution in [1.29, 1.82) is 0 Å². The molecule has 0 bridgehead atoms. The van der Waals surface area contributed by atoms with E-state index in [1.807, 2.05) is 0 Å². The van der Waals surface area contributed by atoms with Crippen molar-refractivity contribution in [2.45, 2.75) is 45.0 Å². The molecule has 0 spiro atoms. The number of aliphatic carboxylic acids is 1. The molecule has 10 nitrogen and oxygen atoms in total. The van der Waals surface area contributed by atoms with Crippen LogP contribution in [-0.4, -0.2) is 70.4 Å². The molecule has 25 heavy (non-hydrogen) atoms. The van der Waals surface area contributed by atoms with Crippen molar-refractivity contribution < 1.29 is 29.4 Å². The molecule has 3 amide bonds. The lowest BCUT2D eigenvalue weighted by Crippen LogP contribution is -2.56. The summed E-state index contributed by atoms with van der Waals surface area (Å²) in [5, 5.41) is 25.1. The Balaban J connectivity index is 4.70. The molecule has 0 radical (unpaired) electrons. The summed E-state index contributed by atoms with van der Waals surface area (Å²) in [6.45, 7) is 4.24. The lowest BCUT2D eigenvalue weighted by molar-refractivity contribution is -0.141. The first kappa shape index (κ1) is 23.1. The van der Waals surface area contributed by atoms with Gasteiger partial charge in [-0.1, -0.05) is 13.8 Å². The van der Waals surface area contributed by atoms with Gasteiger partial charge in [0.25, 0.3) is 0 Å². The van der Waals surface area contributed by atoms with Gasteiger partial charge in [-0.25, -0.2) is 4.79 Å². The number of carboxylic acids is 1. The first-order chi connectivity index (χ1) is 11.5. The van der Waals surface area contributed by atoms with Crippen molar-refractivity contribution in [1.82, 2.24) is 16.0 Å². The van der Waals surface area contributed by atoms with Gasteiger partial charge < -0.3 is 31.9 Å². The third kappa shape index (κ3) is 8.18. The average molecular weight is 378 g/mol. The van der Waals surface area contributed by atoms with Crippen molar-refractivity contribution in [3.05, 3.63) is 0 Å². The SMILES string of the molecule is CC(C)C(NC(=O)CNC(=O)C(N)C(C)O)C(=O)NC(CS)C(=O)O. The number of carboxylic acid groups (broad SMARTS) is 1. The second kappa shape index (κ2) is 10.9. The van der Waals surface area contributed by atoms with Gasteiger partial charge in [0.1, 0.15) is 18.1 Å². The van der Waals surface area contributed by atoms with Gasteiger partial charge in [-0.2, -0.15) is 12.6 Å². The molecule has 11 heteroatoms. The number of thiol groups is 1. The van der Waals surface area contributed by atoms with Gasteiger partial charge in [-0.15, -0.1) is 0 Å². The molecule has 0 aromatic rings. The molecule has 144 valence electrons. The molecule has 0 aromatic heterocycles. The van der Waals surface area contributed by atoms with Crippen LogP contribution in [-0.2, 0) is 19.2 Å². The quantitative estimate of drug-likeness (QED) is 0.205. The fraction of sp³-hybridized carbons (Fsp3) is 0.714. The van der Waals surface area contributed by atoms with Crippen molar-refractivity contribution in [3.63, 3.8) is 0 Å². The molecule has 0 fully saturated rings. The molecular weight excluding hydrogens is 352 g/mol. The third-order valence-electron chi connectivity index (χ3n) is 3.31. The number of carbonyl (C=O) groups excluding carboxylic acids is 3. The Kier molecular flexibility index (Phi) is 10.1. The summed E-state index contributed by atoms with van der Waals surface area (Å²) in [5.41, 5.74) is 5.42. The van der Waals surface area contributed by atoms with Gasteiger partial charge in [0.15, 0.2) is 0 Å². The number of aliphatic hydroxyl groups is 1. The molecule has 0 aliphatic rings. The number of aliphatic hydroxyl groups excluding tert-OH is 1. The molecule has 4 atom stereocenters. The highest BCUT2D eigenvalue weighted by atomic mass is 32.1. The van der Waals surface area contributed by atoms with Gasteiger partial charge in [-0.05, 0) is 12.8 Å². The smallest absolute Gasteiger partial charge is 0.327 e. The fourth-order valence-electron chi connectivity index (χ4n) is 1.71. The fourth-order valence-corrected chi connectivity index (χ4v) is 1.96. The topological polar surface area (TPSA) is 171 Å². The lowest BCUT2D eigenvalue weighted by Gasteiger charge is -2.23. The van der Waals surface area contributed by atoms with Crippen LogP contribution in [0.3, 0.4) is 0 Å². The zero-order valence-corrected chi connectivity index (χ0v) is 15.2. The van der Waals surface area contributed by atoms with Crippen LogP contribution in [0, 0.1) is 5.92 Å². The van der Waals surface area contributed by atoms with Crippen molar-refractivity contribution in [2.24, 2.45) is 11.7 Å². The summed E-state index contributed by atoms with van der Waals surface area (Å²) < 4.78 is 0. The van der Waals surface area contributed by atoms with Crippen LogP contribution in [0.25, 0.3) is 0 Å². The van der Waals surface area contributed by atoms with E-state index in [0.29, 0.717) is 0 Å². The minimum Gasteiger partial charge on any atom is -0.480 e. The second-order valence-electron chi connectivity index (χ2n) is 5.86. The van der Waals surface area contributed by atoms with E-state index in [2.05, 4.69) is 28.6 Å². The van der Waals surface area contributed by atoms with E-state index < -0.39 is 54.5 Å². The molecule has 0 saturated carbocycles. The van der Waals surface area contributed by atoms with E-state index in [1.165, 1.54) is 6.92 Å². The summed E-state index contributed by atoms with van der Waals surface area (Å²) in [7, 11) is 0. The zero-order chi connectivity index (χ0) is 19.7. The van der Waals surface area contributed by atoms with Gasteiger partial charge in [0.2, 0.25) is 17.7 Å². The van der Waals surface area contributed by atoms with E-state index in [1.54, 1.807) is 13.8 Å².